The SMILES string of the molecule is C=CCNC(=S)Nc1ccccc1C(=O)NCC. The Balaban J connectivity index is 2.78. The van der Waals surface area contributed by atoms with Gasteiger partial charge >= 0.3 is 0 Å². The zero-order valence-corrected chi connectivity index (χ0v) is 11.1. The number of thiocarbonyl (C=S) groups is 1. The van der Waals surface area contributed by atoms with E-state index in [4.69, 9.17) is 12.2 Å². The van der Waals surface area contributed by atoms with Crippen LogP contribution in [-0.2, 0) is 0 Å². The van der Waals surface area contributed by atoms with E-state index in [1.54, 1.807) is 12.1 Å². The summed E-state index contributed by atoms with van der Waals surface area (Å²) in [6, 6.07) is 7.23. The zero-order chi connectivity index (χ0) is 13.4. The number of carbonyl (C=O) groups is 1. The van der Waals surface area contributed by atoms with Crippen molar-refractivity contribution in [3.05, 3.63) is 42.5 Å². The minimum absolute atomic E-state index is 0.118. The Bertz CT molecular complexity index is 446. The van der Waals surface area contributed by atoms with Gasteiger partial charge in [-0.3, -0.25) is 4.79 Å². The maximum absolute atomic E-state index is 11.8. The average Bonchev–Trinajstić information content (AvgIpc) is 2.37. The number of hydrogen-bond donors (Lipinski definition) is 3. The lowest BCUT2D eigenvalue weighted by Crippen LogP contribution is -2.30. The maximum atomic E-state index is 11.8. The van der Waals surface area contributed by atoms with Gasteiger partial charge in [0, 0.05) is 13.1 Å². The van der Waals surface area contributed by atoms with Gasteiger partial charge in [-0.1, -0.05) is 18.2 Å². The van der Waals surface area contributed by atoms with Crippen LogP contribution in [0.5, 0.6) is 0 Å². The van der Waals surface area contributed by atoms with E-state index in [1.807, 2.05) is 25.1 Å². The summed E-state index contributed by atoms with van der Waals surface area (Å²) in [5.74, 6) is -0.118. The highest BCUT2D eigenvalue weighted by atomic mass is 32.1. The molecule has 1 amide bonds. The van der Waals surface area contributed by atoms with Crippen molar-refractivity contribution in [2.75, 3.05) is 18.4 Å². The Morgan fingerprint density at radius 1 is 1.39 bits per heavy atom. The third-order valence-electron chi connectivity index (χ3n) is 2.16. The molecule has 0 fully saturated rings. The van der Waals surface area contributed by atoms with Crippen molar-refractivity contribution < 1.29 is 4.79 Å². The zero-order valence-electron chi connectivity index (χ0n) is 10.3. The fourth-order valence-electron chi connectivity index (χ4n) is 1.38. The molecule has 18 heavy (non-hydrogen) atoms. The normalized spacial score (nSPS) is 9.39. The molecular formula is C13H17N3OS. The Morgan fingerprint density at radius 3 is 2.78 bits per heavy atom. The van der Waals surface area contributed by atoms with Gasteiger partial charge in [0.1, 0.15) is 0 Å². The molecule has 1 rings (SSSR count). The molecule has 0 aromatic heterocycles. The topological polar surface area (TPSA) is 53.2 Å². The molecule has 96 valence electrons. The number of benzene rings is 1. The van der Waals surface area contributed by atoms with E-state index in [0.717, 1.165) is 0 Å². The Kier molecular flexibility index (Phi) is 5.87. The first kappa shape index (κ1) is 14.2. The maximum Gasteiger partial charge on any atom is 0.253 e. The van der Waals surface area contributed by atoms with E-state index >= 15 is 0 Å². The Hall–Kier alpha value is -1.88. The van der Waals surface area contributed by atoms with Gasteiger partial charge in [-0.2, -0.15) is 0 Å². The van der Waals surface area contributed by atoms with Crippen LogP contribution < -0.4 is 16.0 Å². The summed E-state index contributed by atoms with van der Waals surface area (Å²) < 4.78 is 0. The van der Waals surface area contributed by atoms with Gasteiger partial charge in [-0.05, 0) is 31.3 Å². The van der Waals surface area contributed by atoms with Crippen LogP contribution in [0.15, 0.2) is 36.9 Å². The molecule has 1 aromatic carbocycles. The number of carbonyl (C=O) groups excluding carboxylic acids is 1. The second-order valence-corrected chi connectivity index (χ2v) is 3.94. The summed E-state index contributed by atoms with van der Waals surface area (Å²) in [7, 11) is 0. The van der Waals surface area contributed by atoms with Crippen LogP contribution in [0.2, 0.25) is 0 Å². The van der Waals surface area contributed by atoms with Gasteiger partial charge in [0.25, 0.3) is 5.91 Å². The molecule has 0 atom stereocenters. The summed E-state index contributed by atoms with van der Waals surface area (Å²) >= 11 is 5.11. The highest BCUT2D eigenvalue weighted by Gasteiger charge is 2.10. The smallest absolute Gasteiger partial charge is 0.253 e. The van der Waals surface area contributed by atoms with Crippen molar-refractivity contribution in [1.29, 1.82) is 0 Å². The van der Waals surface area contributed by atoms with Crippen molar-refractivity contribution in [3.63, 3.8) is 0 Å². The standard InChI is InChI=1S/C13H17N3OS/c1-3-9-15-13(18)16-11-8-6-5-7-10(11)12(17)14-4-2/h3,5-8H,1,4,9H2,2H3,(H,14,17)(H2,15,16,18). The van der Waals surface area contributed by atoms with Gasteiger partial charge in [-0.25, -0.2) is 0 Å². The van der Waals surface area contributed by atoms with Gasteiger partial charge in [0.15, 0.2) is 5.11 Å². The highest BCUT2D eigenvalue weighted by Crippen LogP contribution is 2.14. The third kappa shape index (κ3) is 4.18. The second-order valence-electron chi connectivity index (χ2n) is 3.53. The van der Waals surface area contributed by atoms with E-state index < -0.39 is 0 Å². The fourth-order valence-corrected chi connectivity index (χ4v) is 1.57. The van der Waals surface area contributed by atoms with Crippen LogP contribution in [0.1, 0.15) is 17.3 Å². The Morgan fingerprint density at radius 2 is 2.11 bits per heavy atom. The molecule has 0 bridgehead atoms. The largest absolute Gasteiger partial charge is 0.359 e. The molecular weight excluding hydrogens is 246 g/mol. The van der Waals surface area contributed by atoms with Crippen LogP contribution >= 0.6 is 12.2 Å². The van der Waals surface area contributed by atoms with E-state index in [1.165, 1.54) is 0 Å². The van der Waals surface area contributed by atoms with E-state index in [0.29, 0.717) is 29.5 Å². The summed E-state index contributed by atoms with van der Waals surface area (Å²) in [5, 5.41) is 9.17. The fraction of sp³-hybridized carbons (Fsp3) is 0.231. The monoisotopic (exact) mass is 263 g/mol. The van der Waals surface area contributed by atoms with Crippen molar-refractivity contribution in [2.45, 2.75) is 6.92 Å². The predicted octanol–water partition coefficient (Wildman–Crippen LogP) is 1.91. The summed E-state index contributed by atoms with van der Waals surface area (Å²) in [5.41, 5.74) is 1.26. The first-order valence-corrected chi connectivity index (χ1v) is 6.12. The predicted molar refractivity (Wildman–Crippen MR) is 78.9 cm³/mol. The van der Waals surface area contributed by atoms with E-state index in [-0.39, 0.29) is 5.91 Å². The molecule has 0 unspecified atom stereocenters. The number of nitrogens with one attached hydrogen (secondary N) is 3. The molecule has 0 spiro atoms. The first-order valence-electron chi connectivity index (χ1n) is 5.72. The quantitative estimate of drug-likeness (QED) is 0.561. The molecule has 0 aliphatic heterocycles. The lowest BCUT2D eigenvalue weighted by Gasteiger charge is -2.12. The van der Waals surface area contributed by atoms with Crippen LogP contribution in [0, 0.1) is 0 Å². The number of anilines is 1. The third-order valence-corrected chi connectivity index (χ3v) is 2.41. The molecule has 0 saturated carbocycles. The van der Waals surface area contributed by atoms with Crippen LogP contribution in [-0.4, -0.2) is 24.1 Å². The molecule has 0 heterocycles. The van der Waals surface area contributed by atoms with Crippen molar-refractivity contribution >= 4 is 28.9 Å². The molecule has 0 saturated heterocycles. The molecule has 4 nitrogen and oxygen atoms in total. The van der Waals surface area contributed by atoms with Crippen LogP contribution in [0.4, 0.5) is 5.69 Å². The molecule has 0 aliphatic rings. The molecule has 3 N–H and O–H groups in total. The van der Waals surface area contributed by atoms with Gasteiger partial charge in [-0.15, -0.1) is 6.58 Å². The molecule has 1 aromatic rings. The van der Waals surface area contributed by atoms with E-state index in [9.17, 15) is 4.79 Å². The summed E-state index contributed by atoms with van der Waals surface area (Å²) in [6.45, 7) is 6.64. The summed E-state index contributed by atoms with van der Waals surface area (Å²) in [4.78, 5) is 11.8. The first-order chi connectivity index (χ1) is 8.69. The number of hydrogen-bond acceptors (Lipinski definition) is 2. The second kappa shape index (κ2) is 7.45. The van der Waals surface area contributed by atoms with E-state index in [2.05, 4.69) is 22.5 Å². The van der Waals surface area contributed by atoms with Crippen molar-refractivity contribution in [1.82, 2.24) is 10.6 Å². The van der Waals surface area contributed by atoms with Crippen molar-refractivity contribution in [2.24, 2.45) is 0 Å². The van der Waals surface area contributed by atoms with Gasteiger partial charge in [0.05, 0.1) is 11.3 Å². The number of para-hydroxylation sites is 1. The number of amides is 1. The minimum Gasteiger partial charge on any atom is -0.359 e. The Labute approximate surface area is 112 Å². The lowest BCUT2D eigenvalue weighted by molar-refractivity contribution is 0.0956. The average molecular weight is 263 g/mol. The molecule has 0 aliphatic carbocycles. The highest BCUT2D eigenvalue weighted by molar-refractivity contribution is 7.80. The van der Waals surface area contributed by atoms with Crippen LogP contribution in [0.25, 0.3) is 0 Å². The van der Waals surface area contributed by atoms with Gasteiger partial charge < -0.3 is 16.0 Å². The summed E-state index contributed by atoms with van der Waals surface area (Å²) in [6.07, 6.45) is 1.71. The minimum atomic E-state index is -0.118. The van der Waals surface area contributed by atoms with Crippen LogP contribution in [0.3, 0.4) is 0 Å². The van der Waals surface area contributed by atoms with Crippen molar-refractivity contribution in [3.8, 4) is 0 Å². The number of rotatable bonds is 5. The molecule has 5 heteroatoms. The molecule has 0 radical (unpaired) electrons. The lowest BCUT2D eigenvalue weighted by atomic mass is 10.1. The van der Waals surface area contributed by atoms with Gasteiger partial charge in [0.2, 0.25) is 0 Å².